The third-order valence-corrected chi connectivity index (χ3v) is 4.75. The highest BCUT2D eigenvalue weighted by Gasteiger charge is 2.24. The lowest BCUT2D eigenvalue weighted by Crippen LogP contribution is -2.21. The summed E-state index contributed by atoms with van der Waals surface area (Å²) in [6, 6.07) is 4.37. The van der Waals surface area contributed by atoms with Crippen LogP contribution in [0, 0.1) is 6.92 Å². The first-order valence-electron chi connectivity index (χ1n) is 8.06. The van der Waals surface area contributed by atoms with Gasteiger partial charge in [-0.1, -0.05) is 0 Å². The topological polar surface area (TPSA) is 43.7 Å². The first-order valence-corrected chi connectivity index (χ1v) is 8.06. The van der Waals surface area contributed by atoms with E-state index < -0.39 is 0 Å². The molecule has 0 fully saturated rings. The highest BCUT2D eigenvalue weighted by Crippen LogP contribution is 2.32. The summed E-state index contributed by atoms with van der Waals surface area (Å²) in [6.45, 7) is 8.28. The third kappa shape index (κ3) is 2.75. The normalized spacial score (nSPS) is 14.4. The van der Waals surface area contributed by atoms with Gasteiger partial charge in [0.15, 0.2) is 0 Å². The molecule has 0 saturated carbocycles. The Balaban J connectivity index is 1.96. The van der Waals surface area contributed by atoms with Crippen molar-refractivity contribution in [3.05, 3.63) is 34.5 Å². The fourth-order valence-corrected chi connectivity index (χ4v) is 3.39. The van der Waals surface area contributed by atoms with Gasteiger partial charge in [0.05, 0.1) is 19.3 Å². The Morgan fingerprint density at radius 3 is 2.61 bits per heavy atom. The van der Waals surface area contributed by atoms with Crippen LogP contribution in [0.3, 0.4) is 0 Å². The molecule has 2 aromatic rings. The molecule has 3 rings (SSSR count). The molecule has 1 aromatic heterocycles. The lowest BCUT2D eigenvalue weighted by atomic mass is 10.0. The highest BCUT2D eigenvalue weighted by atomic mass is 16.5. The predicted octanol–water partition coefficient (Wildman–Crippen LogP) is 2.63. The van der Waals surface area contributed by atoms with Gasteiger partial charge in [0, 0.05) is 49.9 Å². The van der Waals surface area contributed by atoms with Crippen LogP contribution in [-0.2, 0) is 29.6 Å². The van der Waals surface area contributed by atoms with Crippen LogP contribution >= 0.6 is 0 Å². The number of carbonyl (C=O) groups is 1. The van der Waals surface area contributed by atoms with Crippen molar-refractivity contribution in [3.63, 3.8) is 0 Å². The van der Waals surface area contributed by atoms with Crippen LogP contribution < -0.4 is 0 Å². The standard InChI is InChI=1S/C18H24N2O3/c1-5-23-7-6-20-10-13-8-15-16(9-14(13)11-20)19(3)12(2)17(15)18(21)22-4/h8-9H,5-7,10-11H2,1-4H3. The van der Waals surface area contributed by atoms with Gasteiger partial charge < -0.3 is 14.0 Å². The molecule has 1 aliphatic heterocycles. The summed E-state index contributed by atoms with van der Waals surface area (Å²) in [5.74, 6) is -0.265. The third-order valence-electron chi connectivity index (χ3n) is 4.75. The van der Waals surface area contributed by atoms with Crippen molar-refractivity contribution >= 4 is 16.9 Å². The van der Waals surface area contributed by atoms with E-state index in [1.165, 1.54) is 18.2 Å². The second kappa shape index (κ2) is 6.34. The van der Waals surface area contributed by atoms with Gasteiger partial charge in [-0.3, -0.25) is 4.90 Å². The summed E-state index contributed by atoms with van der Waals surface area (Å²) >= 11 is 0. The molecule has 0 bridgehead atoms. The van der Waals surface area contributed by atoms with E-state index in [2.05, 4.69) is 21.6 Å². The van der Waals surface area contributed by atoms with Crippen LogP contribution in [0.5, 0.6) is 0 Å². The molecule has 0 atom stereocenters. The van der Waals surface area contributed by atoms with E-state index in [1.807, 2.05) is 20.9 Å². The van der Waals surface area contributed by atoms with Gasteiger partial charge in [-0.05, 0) is 37.1 Å². The molecule has 1 aromatic carbocycles. The maximum absolute atomic E-state index is 12.1. The molecule has 2 heterocycles. The summed E-state index contributed by atoms with van der Waals surface area (Å²) in [7, 11) is 3.43. The van der Waals surface area contributed by atoms with Crippen molar-refractivity contribution in [2.45, 2.75) is 26.9 Å². The lowest BCUT2D eigenvalue weighted by molar-refractivity contribution is 0.0602. The minimum absolute atomic E-state index is 0.265. The lowest BCUT2D eigenvalue weighted by Gasteiger charge is -2.13. The fraction of sp³-hybridized carbons (Fsp3) is 0.500. The van der Waals surface area contributed by atoms with E-state index in [0.717, 1.165) is 49.4 Å². The second-order valence-electron chi connectivity index (χ2n) is 6.06. The molecular formula is C18H24N2O3. The number of aryl methyl sites for hydroxylation is 1. The number of fused-ring (bicyclic) bond motifs is 2. The minimum Gasteiger partial charge on any atom is -0.465 e. The summed E-state index contributed by atoms with van der Waals surface area (Å²) < 4.78 is 12.5. The van der Waals surface area contributed by atoms with Crippen molar-refractivity contribution in [1.82, 2.24) is 9.47 Å². The average Bonchev–Trinajstić information content (AvgIpc) is 3.04. The van der Waals surface area contributed by atoms with Gasteiger partial charge in [-0.2, -0.15) is 0 Å². The Kier molecular flexibility index (Phi) is 4.41. The molecule has 0 unspecified atom stereocenters. The molecule has 5 heteroatoms. The van der Waals surface area contributed by atoms with Gasteiger partial charge in [0.1, 0.15) is 0 Å². The monoisotopic (exact) mass is 316 g/mol. The maximum atomic E-state index is 12.1. The number of hydrogen-bond acceptors (Lipinski definition) is 4. The fourth-order valence-electron chi connectivity index (χ4n) is 3.39. The molecule has 0 radical (unpaired) electrons. The number of nitrogens with zero attached hydrogens (tertiary/aromatic N) is 2. The molecule has 1 aliphatic rings. The van der Waals surface area contributed by atoms with Crippen molar-refractivity contribution in [1.29, 1.82) is 0 Å². The first kappa shape index (κ1) is 16.0. The number of carbonyl (C=O) groups excluding carboxylic acids is 1. The molecule has 0 saturated heterocycles. The number of benzene rings is 1. The Labute approximate surface area is 136 Å². The Bertz CT molecular complexity index is 749. The predicted molar refractivity (Wildman–Crippen MR) is 89.6 cm³/mol. The van der Waals surface area contributed by atoms with Gasteiger partial charge >= 0.3 is 5.97 Å². The number of esters is 1. The first-order chi connectivity index (χ1) is 11.1. The molecule has 124 valence electrons. The highest BCUT2D eigenvalue weighted by molar-refractivity contribution is 6.06. The Morgan fingerprint density at radius 1 is 1.26 bits per heavy atom. The zero-order valence-corrected chi connectivity index (χ0v) is 14.3. The zero-order chi connectivity index (χ0) is 16.6. The van der Waals surface area contributed by atoms with Crippen molar-refractivity contribution < 1.29 is 14.3 Å². The van der Waals surface area contributed by atoms with Crippen LogP contribution in [-0.4, -0.2) is 42.3 Å². The van der Waals surface area contributed by atoms with E-state index in [0.29, 0.717) is 5.56 Å². The smallest absolute Gasteiger partial charge is 0.340 e. The summed E-state index contributed by atoms with van der Waals surface area (Å²) in [5, 5.41) is 0.988. The van der Waals surface area contributed by atoms with Crippen LogP contribution in [0.1, 0.15) is 34.1 Å². The number of hydrogen-bond donors (Lipinski definition) is 0. The van der Waals surface area contributed by atoms with Gasteiger partial charge in [0.2, 0.25) is 0 Å². The van der Waals surface area contributed by atoms with E-state index in [9.17, 15) is 4.79 Å². The van der Waals surface area contributed by atoms with Crippen molar-refractivity contribution in [3.8, 4) is 0 Å². The molecule has 0 amide bonds. The van der Waals surface area contributed by atoms with E-state index in [1.54, 1.807) is 0 Å². The van der Waals surface area contributed by atoms with Gasteiger partial charge in [-0.15, -0.1) is 0 Å². The Hall–Kier alpha value is -1.85. The van der Waals surface area contributed by atoms with E-state index in [-0.39, 0.29) is 5.97 Å². The SMILES string of the molecule is CCOCCN1Cc2cc3c(C(=O)OC)c(C)n(C)c3cc2C1. The van der Waals surface area contributed by atoms with Gasteiger partial charge in [-0.25, -0.2) is 4.79 Å². The minimum atomic E-state index is -0.265. The number of ether oxygens (including phenoxy) is 2. The molecule has 0 N–H and O–H groups in total. The van der Waals surface area contributed by atoms with Crippen molar-refractivity contribution in [2.75, 3.05) is 26.9 Å². The molecule has 5 nitrogen and oxygen atoms in total. The number of rotatable bonds is 5. The number of aromatic nitrogens is 1. The largest absolute Gasteiger partial charge is 0.465 e. The summed E-state index contributed by atoms with van der Waals surface area (Å²) in [4.78, 5) is 14.5. The zero-order valence-electron chi connectivity index (χ0n) is 14.3. The number of methoxy groups -OCH3 is 1. The van der Waals surface area contributed by atoms with Gasteiger partial charge in [0.25, 0.3) is 0 Å². The molecular weight excluding hydrogens is 292 g/mol. The van der Waals surface area contributed by atoms with Crippen molar-refractivity contribution in [2.24, 2.45) is 7.05 Å². The Morgan fingerprint density at radius 2 is 1.96 bits per heavy atom. The van der Waals surface area contributed by atoms with Crippen LogP contribution in [0.25, 0.3) is 10.9 Å². The molecule has 0 spiro atoms. The average molecular weight is 316 g/mol. The maximum Gasteiger partial charge on any atom is 0.340 e. The summed E-state index contributed by atoms with van der Waals surface area (Å²) in [5.41, 5.74) is 5.35. The van der Waals surface area contributed by atoms with Crippen LogP contribution in [0.15, 0.2) is 12.1 Å². The van der Waals surface area contributed by atoms with Crippen LogP contribution in [0.2, 0.25) is 0 Å². The molecule has 0 aliphatic carbocycles. The summed E-state index contributed by atoms with van der Waals surface area (Å²) in [6.07, 6.45) is 0. The second-order valence-corrected chi connectivity index (χ2v) is 6.06. The molecule has 23 heavy (non-hydrogen) atoms. The van der Waals surface area contributed by atoms with Crippen LogP contribution in [0.4, 0.5) is 0 Å². The quantitative estimate of drug-likeness (QED) is 0.628. The van der Waals surface area contributed by atoms with E-state index in [4.69, 9.17) is 9.47 Å². The van der Waals surface area contributed by atoms with E-state index >= 15 is 0 Å².